The maximum absolute atomic E-state index is 12.6. The van der Waals surface area contributed by atoms with Crippen LogP contribution in [0.15, 0.2) is 42.0 Å². The molecule has 2 aromatic carbocycles. The molecule has 4 unspecified atom stereocenters. The molecule has 2 fully saturated rings. The number of nitrogens with one attached hydrogen (secondary N) is 1. The van der Waals surface area contributed by atoms with Gasteiger partial charge in [0, 0.05) is 25.2 Å². The van der Waals surface area contributed by atoms with Crippen LogP contribution >= 0.6 is 0 Å². The number of ether oxygens (including phenoxy) is 1. The van der Waals surface area contributed by atoms with Gasteiger partial charge in [-0.25, -0.2) is 0 Å². The number of piperidine rings is 1. The molecule has 2 aromatic rings. The molecule has 2 heterocycles. The summed E-state index contributed by atoms with van der Waals surface area (Å²) in [5.74, 6) is -0.666. The fourth-order valence-electron chi connectivity index (χ4n) is 4.44. The first-order valence-corrected chi connectivity index (χ1v) is 11.3. The number of rotatable bonds is 5. The SMILES string of the molecule is N#C/C(=C\c1ccc2cc(N3CCCCC3)ccc2c1)C(=O)NC1CC(O)C(CO)OC1O. The molecule has 2 aliphatic heterocycles. The van der Waals surface area contributed by atoms with Crippen molar-refractivity contribution >= 4 is 28.4 Å². The van der Waals surface area contributed by atoms with Crippen LogP contribution in [0.2, 0.25) is 0 Å². The first kappa shape index (κ1) is 23.2. The number of fused-ring (bicyclic) bond motifs is 1. The van der Waals surface area contributed by atoms with Crippen LogP contribution in [-0.4, -0.2) is 65.5 Å². The first-order valence-electron chi connectivity index (χ1n) is 11.3. The van der Waals surface area contributed by atoms with Crippen molar-refractivity contribution in [2.75, 3.05) is 24.6 Å². The Bertz CT molecular complexity index is 1070. The second-order valence-corrected chi connectivity index (χ2v) is 8.64. The molecular weight excluding hydrogens is 422 g/mol. The zero-order valence-electron chi connectivity index (χ0n) is 18.4. The fraction of sp³-hybridized carbons (Fsp3) is 0.440. The van der Waals surface area contributed by atoms with Crippen LogP contribution in [0.3, 0.4) is 0 Å². The normalized spacial score (nSPS) is 26.1. The van der Waals surface area contributed by atoms with Crippen molar-refractivity contribution in [3.63, 3.8) is 0 Å². The summed E-state index contributed by atoms with van der Waals surface area (Å²) in [6.07, 6.45) is 1.88. The monoisotopic (exact) mass is 451 g/mol. The number of hydrogen-bond donors (Lipinski definition) is 4. The molecule has 2 aliphatic rings. The van der Waals surface area contributed by atoms with Crippen LogP contribution < -0.4 is 10.2 Å². The summed E-state index contributed by atoms with van der Waals surface area (Å²) in [6.45, 7) is 1.71. The Morgan fingerprint density at radius 1 is 1.15 bits per heavy atom. The maximum Gasteiger partial charge on any atom is 0.262 e. The van der Waals surface area contributed by atoms with Crippen molar-refractivity contribution in [3.8, 4) is 6.07 Å². The summed E-state index contributed by atoms with van der Waals surface area (Å²) in [5, 5.41) is 43.3. The number of hydrogen-bond acceptors (Lipinski definition) is 7. The number of amides is 1. The molecule has 0 spiro atoms. The third-order valence-corrected chi connectivity index (χ3v) is 6.32. The summed E-state index contributed by atoms with van der Waals surface area (Å²) in [5.41, 5.74) is 1.80. The third-order valence-electron chi connectivity index (χ3n) is 6.32. The Morgan fingerprint density at radius 2 is 1.88 bits per heavy atom. The Hall–Kier alpha value is -2.96. The average molecular weight is 452 g/mol. The van der Waals surface area contributed by atoms with Crippen molar-refractivity contribution in [1.82, 2.24) is 5.32 Å². The van der Waals surface area contributed by atoms with Gasteiger partial charge in [-0.15, -0.1) is 0 Å². The van der Waals surface area contributed by atoms with Gasteiger partial charge in [0.05, 0.1) is 18.8 Å². The number of anilines is 1. The number of carbonyl (C=O) groups excluding carboxylic acids is 1. The number of benzene rings is 2. The molecule has 2 saturated heterocycles. The average Bonchev–Trinajstić information content (AvgIpc) is 2.84. The van der Waals surface area contributed by atoms with E-state index in [0.29, 0.717) is 5.56 Å². The van der Waals surface area contributed by atoms with E-state index in [2.05, 4.69) is 28.4 Å². The fourth-order valence-corrected chi connectivity index (χ4v) is 4.44. The topological polar surface area (TPSA) is 126 Å². The highest BCUT2D eigenvalue weighted by Gasteiger charge is 2.37. The molecule has 8 heteroatoms. The molecule has 174 valence electrons. The molecule has 0 aromatic heterocycles. The third kappa shape index (κ3) is 5.34. The van der Waals surface area contributed by atoms with E-state index < -0.39 is 37.1 Å². The molecule has 0 aliphatic carbocycles. The van der Waals surface area contributed by atoms with Crippen LogP contribution in [0, 0.1) is 11.3 Å². The molecule has 4 atom stereocenters. The van der Waals surface area contributed by atoms with Crippen molar-refractivity contribution in [1.29, 1.82) is 5.26 Å². The van der Waals surface area contributed by atoms with Gasteiger partial charge in [0.1, 0.15) is 17.7 Å². The molecule has 1 amide bonds. The van der Waals surface area contributed by atoms with Gasteiger partial charge in [0.25, 0.3) is 5.91 Å². The summed E-state index contributed by atoms with van der Waals surface area (Å²) >= 11 is 0. The molecular formula is C25H29N3O5. The van der Waals surface area contributed by atoms with Crippen LogP contribution in [0.4, 0.5) is 5.69 Å². The van der Waals surface area contributed by atoms with Crippen molar-refractivity contribution in [2.24, 2.45) is 0 Å². The van der Waals surface area contributed by atoms with E-state index in [1.165, 1.54) is 31.0 Å². The lowest BCUT2D eigenvalue weighted by Crippen LogP contribution is -2.55. The molecule has 0 radical (unpaired) electrons. The van der Waals surface area contributed by atoms with Crippen LogP contribution in [-0.2, 0) is 9.53 Å². The minimum Gasteiger partial charge on any atom is -0.394 e. The highest BCUT2D eigenvalue weighted by Crippen LogP contribution is 2.26. The number of aliphatic hydroxyl groups excluding tert-OH is 3. The van der Waals surface area contributed by atoms with Crippen LogP contribution in [0.5, 0.6) is 0 Å². The number of nitriles is 1. The quantitative estimate of drug-likeness (QED) is 0.402. The predicted octanol–water partition coefficient (Wildman–Crippen LogP) is 1.68. The highest BCUT2D eigenvalue weighted by molar-refractivity contribution is 6.02. The minimum absolute atomic E-state index is 0.00612. The molecule has 0 bridgehead atoms. The van der Waals surface area contributed by atoms with Crippen LogP contribution in [0.1, 0.15) is 31.2 Å². The minimum atomic E-state index is -1.38. The Morgan fingerprint density at radius 3 is 2.61 bits per heavy atom. The number of aliphatic hydroxyl groups is 3. The van der Waals surface area contributed by atoms with Crippen molar-refractivity contribution in [3.05, 3.63) is 47.5 Å². The van der Waals surface area contributed by atoms with Gasteiger partial charge in [-0.05, 0) is 59.9 Å². The van der Waals surface area contributed by atoms with Gasteiger partial charge in [0.2, 0.25) is 0 Å². The van der Waals surface area contributed by atoms with E-state index >= 15 is 0 Å². The van der Waals surface area contributed by atoms with E-state index in [9.17, 15) is 20.3 Å². The maximum atomic E-state index is 12.6. The first-order chi connectivity index (χ1) is 16.0. The van der Waals surface area contributed by atoms with E-state index in [1.807, 2.05) is 24.3 Å². The molecule has 4 rings (SSSR count). The smallest absolute Gasteiger partial charge is 0.262 e. The predicted molar refractivity (Wildman–Crippen MR) is 124 cm³/mol. The van der Waals surface area contributed by atoms with E-state index in [-0.39, 0.29) is 12.0 Å². The molecule has 0 saturated carbocycles. The zero-order valence-corrected chi connectivity index (χ0v) is 18.4. The van der Waals surface area contributed by atoms with Crippen molar-refractivity contribution < 1.29 is 24.9 Å². The van der Waals surface area contributed by atoms with Gasteiger partial charge in [-0.3, -0.25) is 4.79 Å². The Balaban J connectivity index is 1.48. The van der Waals surface area contributed by atoms with Gasteiger partial charge in [-0.1, -0.05) is 18.2 Å². The molecule has 4 N–H and O–H groups in total. The summed E-state index contributed by atoms with van der Waals surface area (Å²) in [7, 11) is 0. The van der Waals surface area contributed by atoms with Gasteiger partial charge >= 0.3 is 0 Å². The van der Waals surface area contributed by atoms with Gasteiger partial charge in [0.15, 0.2) is 6.29 Å². The molecule has 8 nitrogen and oxygen atoms in total. The lowest BCUT2D eigenvalue weighted by molar-refractivity contribution is -0.220. The largest absolute Gasteiger partial charge is 0.394 e. The summed E-state index contributed by atoms with van der Waals surface area (Å²) < 4.78 is 5.13. The lowest BCUT2D eigenvalue weighted by Gasteiger charge is -2.36. The Labute approximate surface area is 192 Å². The molecule has 33 heavy (non-hydrogen) atoms. The van der Waals surface area contributed by atoms with Gasteiger partial charge < -0.3 is 30.3 Å². The highest BCUT2D eigenvalue weighted by atomic mass is 16.6. The standard InChI is InChI=1S/C25H29N3O5/c26-14-19(24(31)27-21-13-22(30)23(15-29)33-25(21)32)11-16-4-5-18-12-20(7-6-17(18)10-16)28-8-2-1-3-9-28/h4-7,10-12,21-23,25,29-30,32H,1-3,8-9,13,15H2,(H,27,31)/b19-11+. The lowest BCUT2D eigenvalue weighted by atomic mass is 10.00. The summed E-state index contributed by atoms with van der Waals surface area (Å²) in [6, 6.07) is 13.1. The second-order valence-electron chi connectivity index (χ2n) is 8.64. The van der Waals surface area contributed by atoms with E-state index in [4.69, 9.17) is 9.84 Å². The van der Waals surface area contributed by atoms with Crippen molar-refractivity contribution in [2.45, 2.75) is 50.2 Å². The van der Waals surface area contributed by atoms with Gasteiger partial charge in [-0.2, -0.15) is 5.26 Å². The number of carbonyl (C=O) groups is 1. The van der Waals surface area contributed by atoms with Crippen LogP contribution in [0.25, 0.3) is 16.8 Å². The number of nitrogens with zero attached hydrogens (tertiary/aromatic N) is 2. The van der Waals surface area contributed by atoms with E-state index in [1.54, 1.807) is 0 Å². The zero-order chi connectivity index (χ0) is 23.4. The van der Waals surface area contributed by atoms with E-state index in [0.717, 1.165) is 23.9 Å². The Kier molecular flexibility index (Phi) is 7.26. The second kappa shape index (κ2) is 10.3. The summed E-state index contributed by atoms with van der Waals surface area (Å²) in [4.78, 5) is 15.0.